The van der Waals surface area contributed by atoms with Crippen molar-refractivity contribution in [3.63, 3.8) is 0 Å². The zero-order valence-electron chi connectivity index (χ0n) is 7.74. The van der Waals surface area contributed by atoms with Crippen molar-refractivity contribution in [3.8, 4) is 11.8 Å². The van der Waals surface area contributed by atoms with Crippen LogP contribution in [-0.4, -0.2) is 24.8 Å². The Balaban J connectivity index is 2.64. The van der Waals surface area contributed by atoms with Crippen molar-refractivity contribution >= 4 is 17.3 Å². The van der Waals surface area contributed by atoms with E-state index in [1.807, 2.05) is 5.38 Å². The smallest absolute Gasteiger partial charge is 0.348 e. The van der Waals surface area contributed by atoms with Gasteiger partial charge in [-0.25, -0.2) is 4.79 Å². The van der Waals surface area contributed by atoms with Crippen LogP contribution in [0.2, 0.25) is 0 Å². The molecule has 14 heavy (non-hydrogen) atoms. The molecular formula is C10H10O3S. The normalized spacial score (nSPS) is 9.00. The topological polar surface area (TPSA) is 46.5 Å². The summed E-state index contributed by atoms with van der Waals surface area (Å²) in [6.07, 6.45) is 0.550. The molecule has 0 aliphatic rings. The number of hydrogen-bond acceptors (Lipinski definition) is 4. The van der Waals surface area contributed by atoms with Gasteiger partial charge in [-0.2, -0.15) is 0 Å². The number of methoxy groups -OCH3 is 1. The quantitative estimate of drug-likeness (QED) is 0.586. The molecular weight excluding hydrogens is 200 g/mol. The third kappa shape index (κ3) is 2.87. The van der Waals surface area contributed by atoms with Gasteiger partial charge in [-0.05, 0) is 17.0 Å². The van der Waals surface area contributed by atoms with Crippen LogP contribution < -0.4 is 0 Å². The minimum atomic E-state index is -0.323. The number of esters is 1. The molecule has 3 nitrogen and oxygen atoms in total. The van der Waals surface area contributed by atoms with Crippen LogP contribution in [0.5, 0.6) is 0 Å². The van der Waals surface area contributed by atoms with Crippen molar-refractivity contribution < 1.29 is 14.6 Å². The van der Waals surface area contributed by atoms with E-state index >= 15 is 0 Å². The zero-order valence-corrected chi connectivity index (χ0v) is 8.56. The largest absolute Gasteiger partial charge is 0.465 e. The van der Waals surface area contributed by atoms with E-state index in [4.69, 9.17) is 5.11 Å². The molecule has 0 saturated carbocycles. The van der Waals surface area contributed by atoms with Gasteiger partial charge in [0.15, 0.2) is 0 Å². The SMILES string of the molecule is COC(=O)c1cc(CC#CCO)cs1. The van der Waals surface area contributed by atoms with Crippen molar-refractivity contribution in [1.82, 2.24) is 0 Å². The van der Waals surface area contributed by atoms with Gasteiger partial charge in [0.25, 0.3) is 0 Å². The first-order chi connectivity index (χ1) is 6.77. The van der Waals surface area contributed by atoms with Crippen LogP contribution in [0.15, 0.2) is 11.4 Å². The Morgan fingerprint density at radius 1 is 1.64 bits per heavy atom. The van der Waals surface area contributed by atoms with E-state index in [1.54, 1.807) is 6.07 Å². The molecule has 74 valence electrons. The van der Waals surface area contributed by atoms with Crippen LogP contribution in [0.25, 0.3) is 0 Å². The molecule has 0 unspecified atom stereocenters. The van der Waals surface area contributed by atoms with Crippen molar-refractivity contribution in [2.45, 2.75) is 6.42 Å². The number of aliphatic hydroxyl groups is 1. The highest BCUT2D eigenvalue weighted by atomic mass is 32.1. The molecule has 1 aromatic heterocycles. The summed E-state index contributed by atoms with van der Waals surface area (Å²) in [5.74, 6) is 5.00. The molecule has 0 spiro atoms. The Bertz CT molecular complexity index is 370. The monoisotopic (exact) mass is 210 g/mol. The second-order valence-corrected chi connectivity index (χ2v) is 3.41. The highest BCUT2D eigenvalue weighted by Crippen LogP contribution is 2.15. The Morgan fingerprint density at radius 3 is 3.07 bits per heavy atom. The molecule has 0 radical (unpaired) electrons. The van der Waals surface area contributed by atoms with Crippen molar-refractivity contribution in [3.05, 3.63) is 21.9 Å². The first-order valence-electron chi connectivity index (χ1n) is 4.00. The highest BCUT2D eigenvalue weighted by molar-refractivity contribution is 7.12. The van der Waals surface area contributed by atoms with Crippen LogP contribution in [0, 0.1) is 11.8 Å². The van der Waals surface area contributed by atoms with Gasteiger partial charge in [0.2, 0.25) is 0 Å². The fourth-order valence-electron chi connectivity index (χ4n) is 0.896. The molecule has 4 heteroatoms. The molecule has 0 aliphatic heterocycles. The molecule has 1 heterocycles. The number of carbonyl (C=O) groups excluding carboxylic acids is 1. The predicted molar refractivity (Wildman–Crippen MR) is 54.2 cm³/mol. The lowest BCUT2D eigenvalue weighted by Gasteiger charge is -1.91. The van der Waals surface area contributed by atoms with Crippen LogP contribution in [0.1, 0.15) is 15.2 Å². The molecule has 0 atom stereocenters. The minimum Gasteiger partial charge on any atom is -0.465 e. The van der Waals surface area contributed by atoms with E-state index in [0.29, 0.717) is 11.3 Å². The van der Waals surface area contributed by atoms with E-state index in [2.05, 4.69) is 16.6 Å². The first kappa shape index (κ1) is 10.8. The average molecular weight is 210 g/mol. The van der Waals surface area contributed by atoms with Crippen molar-refractivity contribution in [1.29, 1.82) is 0 Å². The van der Waals surface area contributed by atoms with Crippen molar-refractivity contribution in [2.75, 3.05) is 13.7 Å². The van der Waals surface area contributed by atoms with E-state index in [0.717, 1.165) is 5.56 Å². The lowest BCUT2D eigenvalue weighted by molar-refractivity contribution is 0.0606. The molecule has 1 aromatic rings. The maximum absolute atomic E-state index is 11.1. The fourth-order valence-corrected chi connectivity index (χ4v) is 1.73. The Kier molecular flexibility index (Phi) is 4.17. The molecule has 1 N–H and O–H groups in total. The number of carbonyl (C=O) groups is 1. The number of aliphatic hydroxyl groups excluding tert-OH is 1. The van der Waals surface area contributed by atoms with Gasteiger partial charge in [0, 0.05) is 6.42 Å². The van der Waals surface area contributed by atoms with Gasteiger partial charge in [-0.15, -0.1) is 11.3 Å². The second kappa shape index (κ2) is 5.43. The van der Waals surface area contributed by atoms with Gasteiger partial charge < -0.3 is 9.84 Å². The first-order valence-corrected chi connectivity index (χ1v) is 4.88. The van der Waals surface area contributed by atoms with Gasteiger partial charge >= 0.3 is 5.97 Å². The Hall–Kier alpha value is -1.31. The zero-order chi connectivity index (χ0) is 10.4. The van der Waals surface area contributed by atoms with Crippen LogP contribution >= 0.6 is 11.3 Å². The Morgan fingerprint density at radius 2 is 2.43 bits per heavy atom. The molecule has 0 amide bonds. The number of rotatable bonds is 2. The Labute approximate surface area is 86.3 Å². The number of hydrogen-bond donors (Lipinski definition) is 1. The van der Waals surface area contributed by atoms with Gasteiger partial charge in [-0.1, -0.05) is 11.8 Å². The van der Waals surface area contributed by atoms with Crippen molar-refractivity contribution in [2.24, 2.45) is 0 Å². The molecule has 0 fully saturated rings. The second-order valence-electron chi connectivity index (χ2n) is 2.50. The van der Waals surface area contributed by atoms with Gasteiger partial charge in [0.1, 0.15) is 11.5 Å². The lowest BCUT2D eigenvalue weighted by atomic mass is 10.2. The van der Waals surface area contributed by atoms with E-state index < -0.39 is 0 Å². The van der Waals surface area contributed by atoms with Crippen LogP contribution in [0.4, 0.5) is 0 Å². The number of ether oxygens (including phenoxy) is 1. The average Bonchev–Trinajstić information content (AvgIpc) is 2.66. The summed E-state index contributed by atoms with van der Waals surface area (Å²) >= 11 is 1.34. The molecule has 0 bridgehead atoms. The van der Waals surface area contributed by atoms with Gasteiger partial charge in [-0.3, -0.25) is 0 Å². The summed E-state index contributed by atoms with van der Waals surface area (Å²) in [6.45, 7) is -0.131. The summed E-state index contributed by atoms with van der Waals surface area (Å²) in [7, 11) is 1.35. The van der Waals surface area contributed by atoms with E-state index in [1.165, 1.54) is 18.4 Å². The summed E-state index contributed by atoms with van der Waals surface area (Å²) in [6, 6.07) is 1.75. The van der Waals surface area contributed by atoms with Crippen LogP contribution in [-0.2, 0) is 11.2 Å². The summed E-state index contributed by atoms with van der Waals surface area (Å²) < 4.78 is 4.57. The van der Waals surface area contributed by atoms with E-state index in [-0.39, 0.29) is 12.6 Å². The minimum absolute atomic E-state index is 0.131. The summed E-state index contributed by atoms with van der Waals surface area (Å²) in [5.41, 5.74) is 0.969. The predicted octanol–water partition coefficient (Wildman–Crippen LogP) is 1.07. The fraction of sp³-hybridized carbons (Fsp3) is 0.300. The molecule has 0 aromatic carbocycles. The third-order valence-corrected chi connectivity index (χ3v) is 2.50. The maximum atomic E-state index is 11.1. The highest BCUT2D eigenvalue weighted by Gasteiger charge is 2.07. The van der Waals surface area contributed by atoms with E-state index in [9.17, 15) is 4.79 Å². The van der Waals surface area contributed by atoms with Gasteiger partial charge in [0.05, 0.1) is 7.11 Å². The third-order valence-electron chi connectivity index (χ3n) is 1.54. The molecule has 0 saturated heterocycles. The van der Waals surface area contributed by atoms with Crippen LogP contribution in [0.3, 0.4) is 0 Å². The lowest BCUT2D eigenvalue weighted by Crippen LogP contribution is -1.97. The molecule has 0 aliphatic carbocycles. The summed E-state index contributed by atoms with van der Waals surface area (Å²) in [5, 5.41) is 10.3. The number of thiophene rings is 1. The standard InChI is InChI=1S/C10H10O3S/c1-13-10(12)9-6-8(7-14-9)4-2-3-5-11/h6-7,11H,4-5H2,1H3. The molecule has 1 rings (SSSR count). The summed E-state index contributed by atoms with van der Waals surface area (Å²) in [4.78, 5) is 11.6. The maximum Gasteiger partial charge on any atom is 0.348 e.